The third-order valence-corrected chi connectivity index (χ3v) is 4.74. The summed E-state index contributed by atoms with van der Waals surface area (Å²) in [6, 6.07) is 16.3. The van der Waals surface area contributed by atoms with Gasteiger partial charge in [0, 0.05) is 29.9 Å². The number of H-pyrrole nitrogens is 1. The van der Waals surface area contributed by atoms with Gasteiger partial charge in [-0.05, 0) is 23.6 Å². The number of hydrogen-bond acceptors (Lipinski definition) is 5. The first-order valence-electron chi connectivity index (χ1n) is 9.68. The van der Waals surface area contributed by atoms with Crippen LogP contribution < -0.4 is 5.32 Å². The third kappa shape index (κ3) is 5.70. The number of esters is 2. The average molecular weight is 408 g/mol. The number of benzene rings is 2. The van der Waals surface area contributed by atoms with Gasteiger partial charge in [-0.25, -0.2) is 4.79 Å². The van der Waals surface area contributed by atoms with Crippen molar-refractivity contribution in [2.75, 3.05) is 13.7 Å². The number of ether oxygens (including phenoxy) is 2. The summed E-state index contributed by atoms with van der Waals surface area (Å²) in [6.45, 7) is -0.449. The predicted molar refractivity (Wildman–Crippen MR) is 112 cm³/mol. The Morgan fingerprint density at radius 3 is 2.53 bits per heavy atom. The molecular weight excluding hydrogens is 384 g/mol. The van der Waals surface area contributed by atoms with Crippen LogP contribution in [0.3, 0.4) is 0 Å². The summed E-state index contributed by atoms with van der Waals surface area (Å²) < 4.78 is 9.85. The highest BCUT2D eigenvalue weighted by Crippen LogP contribution is 2.19. The van der Waals surface area contributed by atoms with Crippen LogP contribution in [0.4, 0.5) is 0 Å². The summed E-state index contributed by atoms with van der Waals surface area (Å²) in [5.74, 6) is -1.59. The molecule has 0 unspecified atom stereocenters. The van der Waals surface area contributed by atoms with Crippen LogP contribution in [-0.4, -0.2) is 42.6 Å². The van der Waals surface area contributed by atoms with Crippen LogP contribution in [0.1, 0.15) is 17.5 Å². The standard InChI is InChI=1S/C23H24N2O5/c1-29-23(28)20(13-17-14-24-19-10-6-5-9-18(17)19)25-21(26)15-30-22(27)12-11-16-7-3-2-4-8-16/h2-10,14,20,24H,11-13,15H2,1H3,(H,25,26)/t20-/m1/s1. The van der Waals surface area contributed by atoms with E-state index in [4.69, 9.17) is 9.47 Å². The first kappa shape index (κ1) is 21.1. The minimum Gasteiger partial charge on any atom is -0.467 e. The second-order valence-electron chi connectivity index (χ2n) is 6.85. The van der Waals surface area contributed by atoms with Gasteiger partial charge in [0.15, 0.2) is 6.61 Å². The van der Waals surface area contributed by atoms with Crippen molar-refractivity contribution in [3.8, 4) is 0 Å². The summed E-state index contributed by atoms with van der Waals surface area (Å²) in [7, 11) is 1.26. The number of carbonyl (C=O) groups excluding carboxylic acids is 3. The highest BCUT2D eigenvalue weighted by Gasteiger charge is 2.23. The van der Waals surface area contributed by atoms with E-state index >= 15 is 0 Å². The first-order chi connectivity index (χ1) is 14.6. The van der Waals surface area contributed by atoms with Crippen molar-refractivity contribution in [1.29, 1.82) is 0 Å². The minimum absolute atomic E-state index is 0.174. The molecule has 3 rings (SSSR count). The molecule has 1 aromatic heterocycles. The number of amides is 1. The van der Waals surface area contributed by atoms with Gasteiger partial charge in [-0.2, -0.15) is 0 Å². The number of rotatable bonds is 9. The van der Waals surface area contributed by atoms with E-state index in [0.717, 1.165) is 22.0 Å². The van der Waals surface area contributed by atoms with E-state index in [1.807, 2.05) is 54.6 Å². The SMILES string of the molecule is COC(=O)[C@@H](Cc1c[nH]c2ccccc12)NC(=O)COC(=O)CCc1ccccc1. The van der Waals surface area contributed by atoms with Gasteiger partial charge in [-0.1, -0.05) is 48.5 Å². The van der Waals surface area contributed by atoms with Gasteiger partial charge in [0.05, 0.1) is 7.11 Å². The molecule has 7 nitrogen and oxygen atoms in total. The van der Waals surface area contributed by atoms with E-state index in [-0.39, 0.29) is 12.8 Å². The smallest absolute Gasteiger partial charge is 0.328 e. The van der Waals surface area contributed by atoms with Crippen molar-refractivity contribution in [2.45, 2.75) is 25.3 Å². The Kier molecular flexibility index (Phi) is 7.21. The van der Waals surface area contributed by atoms with Crippen LogP contribution in [0.25, 0.3) is 10.9 Å². The fraction of sp³-hybridized carbons (Fsp3) is 0.261. The molecule has 1 atom stereocenters. The number of hydrogen-bond donors (Lipinski definition) is 2. The molecule has 0 saturated carbocycles. The Labute approximate surface area is 174 Å². The Hall–Kier alpha value is -3.61. The molecule has 156 valence electrons. The highest BCUT2D eigenvalue weighted by atomic mass is 16.5. The summed E-state index contributed by atoms with van der Waals surface area (Å²) in [6.07, 6.45) is 2.76. The topological polar surface area (TPSA) is 97.5 Å². The number of nitrogens with one attached hydrogen (secondary N) is 2. The lowest BCUT2D eigenvalue weighted by Crippen LogP contribution is -2.44. The van der Waals surface area contributed by atoms with E-state index in [1.165, 1.54) is 7.11 Å². The molecule has 1 amide bonds. The van der Waals surface area contributed by atoms with Crippen molar-refractivity contribution in [1.82, 2.24) is 10.3 Å². The van der Waals surface area contributed by atoms with E-state index < -0.39 is 30.5 Å². The number of carbonyl (C=O) groups is 3. The van der Waals surface area contributed by atoms with E-state index in [0.29, 0.717) is 6.42 Å². The Morgan fingerprint density at radius 2 is 1.77 bits per heavy atom. The highest BCUT2D eigenvalue weighted by molar-refractivity contribution is 5.88. The van der Waals surface area contributed by atoms with Crippen molar-refractivity contribution >= 4 is 28.7 Å². The zero-order valence-electron chi connectivity index (χ0n) is 16.7. The summed E-state index contributed by atoms with van der Waals surface area (Å²) >= 11 is 0. The van der Waals surface area contributed by atoms with E-state index in [9.17, 15) is 14.4 Å². The first-order valence-corrected chi connectivity index (χ1v) is 9.68. The monoisotopic (exact) mass is 408 g/mol. The molecule has 2 aromatic carbocycles. The lowest BCUT2D eigenvalue weighted by atomic mass is 10.0. The number of para-hydroxylation sites is 1. The number of methoxy groups -OCH3 is 1. The largest absolute Gasteiger partial charge is 0.467 e. The number of aromatic nitrogens is 1. The van der Waals surface area contributed by atoms with Gasteiger partial charge < -0.3 is 19.8 Å². The molecule has 2 N–H and O–H groups in total. The zero-order valence-corrected chi connectivity index (χ0v) is 16.7. The molecule has 0 radical (unpaired) electrons. The molecule has 30 heavy (non-hydrogen) atoms. The van der Waals surface area contributed by atoms with Crippen molar-refractivity contribution < 1.29 is 23.9 Å². The lowest BCUT2D eigenvalue weighted by Gasteiger charge is -2.16. The van der Waals surface area contributed by atoms with Crippen molar-refractivity contribution in [3.05, 3.63) is 71.9 Å². The van der Waals surface area contributed by atoms with Crippen LogP contribution in [0.2, 0.25) is 0 Å². The lowest BCUT2D eigenvalue weighted by molar-refractivity contribution is -0.150. The molecular formula is C23H24N2O5. The Balaban J connectivity index is 1.52. The van der Waals surface area contributed by atoms with Gasteiger partial charge in [0.25, 0.3) is 5.91 Å². The van der Waals surface area contributed by atoms with Gasteiger partial charge in [0.2, 0.25) is 0 Å². The van der Waals surface area contributed by atoms with Gasteiger partial charge in [-0.3, -0.25) is 9.59 Å². The average Bonchev–Trinajstić information content (AvgIpc) is 3.19. The van der Waals surface area contributed by atoms with Crippen molar-refractivity contribution in [3.63, 3.8) is 0 Å². The van der Waals surface area contributed by atoms with Gasteiger partial charge >= 0.3 is 11.9 Å². The predicted octanol–water partition coefficient (Wildman–Crippen LogP) is 2.54. The molecule has 0 spiro atoms. The molecule has 7 heteroatoms. The Morgan fingerprint density at radius 1 is 1.03 bits per heavy atom. The molecule has 0 bridgehead atoms. The molecule has 3 aromatic rings. The minimum atomic E-state index is -0.885. The number of aryl methyl sites for hydroxylation is 1. The summed E-state index contributed by atoms with van der Waals surface area (Å²) in [5.41, 5.74) is 2.83. The normalized spacial score (nSPS) is 11.6. The second kappa shape index (κ2) is 10.2. The fourth-order valence-electron chi connectivity index (χ4n) is 3.20. The van der Waals surface area contributed by atoms with E-state index in [2.05, 4.69) is 10.3 Å². The summed E-state index contributed by atoms with van der Waals surface area (Å²) in [4.78, 5) is 39.4. The summed E-state index contributed by atoms with van der Waals surface area (Å²) in [5, 5.41) is 3.56. The van der Waals surface area contributed by atoms with Crippen LogP contribution in [-0.2, 0) is 36.7 Å². The quantitative estimate of drug-likeness (QED) is 0.531. The number of aromatic amines is 1. The molecule has 0 aliphatic rings. The van der Waals surface area contributed by atoms with Crippen LogP contribution in [0.15, 0.2) is 60.8 Å². The van der Waals surface area contributed by atoms with Gasteiger partial charge in [0.1, 0.15) is 6.04 Å². The zero-order chi connectivity index (χ0) is 21.3. The Bertz CT molecular complexity index is 1010. The number of fused-ring (bicyclic) bond motifs is 1. The molecule has 0 aliphatic carbocycles. The maximum atomic E-state index is 12.2. The maximum absolute atomic E-state index is 12.2. The van der Waals surface area contributed by atoms with Gasteiger partial charge in [-0.15, -0.1) is 0 Å². The molecule has 0 saturated heterocycles. The second-order valence-corrected chi connectivity index (χ2v) is 6.85. The molecule has 1 heterocycles. The third-order valence-electron chi connectivity index (χ3n) is 4.74. The fourth-order valence-corrected chi connectivity index (χ4v) is 3.20. The van der Waals surface area contributed by atoms with Crippen LogP contribution in [0.5, 0.6) is 0 Å². The maximum Gasteiger partial charge on any atom is 0.328 e. The molecule has 0 fully saturated rings. The van der Waals surface area contributed by atoms with Crippen LogP contribution in [0, 0.1) is 0 Å². The van der Waals surface area contributed by atoms with E-state index in [1.54, 1.807) is 6.20 Å². The molecule has 0 aliphatic heterocycles. The van der Waals surface area contributed by atoms with Crippen molar-refractivity contribution in [2.24, 2.45) is 0 Å². The van der Waals surface area contributed by atoms with Crippen LogP contribution >= 0.6 is 0 Å².